The van der Waals surface area contributed by atoms with Gasteiger partial charge in [0.1, 0.15) is 17.3 Å². The minimum atomic E-state index is -2.89. The maximum Gasteiger partial charge on any atom is 0.387 e. The minimum Gasteiger partial charge on any atom is -0.457 e. The molecule has 0 N–H and O–H groups in total. The average molecular weight is 371 g/mol. The Hall–Kier alpha value is -1.78. The van der Waals surface area contributed by atoms with Gasteiger partial charge in [0.15, 0.2) is 0 Å². The molecule has 0 radical (unpaired) electrons. The Kier molecular flexibility index (Phi) is 4.45. The zero-order valence-corrected chi connectivity index (χ0v) is 14.5. The molecule has 3 rings (SSSR count). The van der Waals surface area contributed by atoms with Crippen molar-refractivity contribution in [3.8, 4) is 11.5 Å². The lowest BCUT2D eigenvalue weighted by atomic mass is 9.81. The summed E-state index contributed by atoms with van der Waals surface area (Å²) in [6, 6.07) is 9.79. The molecule has 0 saturated carbocycles. The van der Waals surface area contributed by atoms with Crippen LogP contribution in [0.1, 0.15) is 25.0 Å². The first-order valence-corrected chi connectivity index (χ1v) is 7.97. The molecule has 1 aliphatic heterocycles. The summed E-state index contributed by atoms with van der Waals surface area (Å²) in [5.41, 5.74) is 1.19. The van der Waals surface area contributed by atoms with E-state index in [1.807, 2.05) is 19.9 Å². The van der Waals surface area contributed by atoms with E-state index in [1.165, 1.54) is 12.1 Å². The van der Waals surface area contributed by atoms with E-state index in [1.54, 1.807) is 24.3 Å². The van der Waals surface area contributed by atoms with Gasteiger partial charge in [-0.15, -0.1) is 0 Å². The zero-order chi connectivity index (χ0) is 17.5. The molecule has 1 heterocycles. The molecule has 0 unspecified atom stereocenters. The van der Waals surface area contributed by atoms with Crippen molar-refractivity contribution >= 4 is 29.0 Å². The number of halogens is 4. The van der Waals surface area contributed by atoms with E-state index in [4.69, 9.17) is 27.9 Å². The van der Waals surface area contributed by atoms with Gasteiger partial charge in [0.05, 0.1) is 5.02 Å². The third-order valence-corrected chi connectivity index (χ3v) is 4.33. The van der Waals surface area contributed by atoms with Gasteiger partial charge in [-0.3, -0.25) is 0 Å². The second kappa shape index (κ2) is 6.26. The van der Waals surface area contributed by atoms with Crippen molar-refractivity contribution in [2.24, 2.45) is 0 Å². The molecule has 2 aromatic rings. The number of ether oxygens (including phenoxy) is 2. The van der Waals surface area contributed by atoms with Crippen LogP contribution in [-0.2, 0) is 5.41 Å². The summed E-state index contributed by atoms with van der Waals surface area (Å²) in [5, 5.41) is 0.973. The topological polar surface area (TPSA) is 18.5 Å². The SMILES string of the molecule is CC1(C)C=C(c2ccc(Cl)cc2Cl)Oc2cc(OC(F)F)ccc21. The molecule has 0 saturated heterocycles. The Morgan fingerprint density at radius 2 is 1.83 bits per heavy atom. The van der Waals surface area contributed by atoms with Crippen LogP contribution in [0.2, 0.25) is 10.0 Å². The Bertz CT molecular complexity index is 817. The molecule has 1 aliphatic rings. The van der Waals surface area contributed by atoms with Gasteiger partial charge in [0, 0.05) is 27.6 Å². The number of rotatable bonds is 3. The van der Waals surface area contributed by atoms with E-state index in [-0.39, 0.29) is 11.2 Å². The molecule has 24 heavy (non-hydrogen) atoms. The first-order chi connectivity index (χ1) is 11.3. The number of allylic oxidation sites excluding steroid dienone is 1. The highest BCUT2D eigenvalue weighted by atomic mass is 35.5. The molecule has 6 heteroatoms. The lowest BCUT2D eigenvalue weighted by Crippen LogP contribution is -2.21. The van der Waals surface area contributed by atoms with Crippen molar-refractivity contribution in [2.75, 3.05) is 0 Å². The van der Waals surface area contributed by atoms with E-state index in [0.717, 1.165) is 5.56 Å². The van der Waals surface area contributed by atoms with E-state index in [2.05, 4.69) is 4.74 Å². The standard InChI is InChI=1S/C18H14Cl2F2O2/c1-18(2)9-16(12-5-3-10(19)7-14(12)20)24-15-8-11(23-17(21)22)4-6-13(15)18/h3-9,17H,1-2H3. The van der Waals surface area contributed by atoms with Crippen LogP contribution >= 0.6 is 23.2 Å². The number of alkyl halides is 2. The van der Waals surface area contributed by atoms with Crippen molar-refractivity contribution in [3.63, 3.8) is 0 Å². The van der Waals surface area contributed by atoms with Gasteiger partial charge in [0.25, 0.3) is 0 Å². The maximum atomic E-state index is 12.4. The third-order valence-electron chi connectivity index (χ3n) is 3.78. The molecule has 0 bridgehead atoms. The Morgan fingerprint density at radius 1 is 1.08 bits per heavy atom. The molecule has 126 valence electrons. The fraction of sp³-hybridized carbons (Fsp3) is 0.222. The van der Waals surface area contributed by atoms with E-state index in [0.29, 0.717) is 27.1 Å². The summed E-state index contributed by atoms with van der Waals surface area (Å²) in [6.07, 6.45) is 1.94. The van der Waals surface area contributed by atoms with Gasteiger partial charge in [-0.1, -0.05) is 43.1 Å². The van der Waals surface area contributed by atoms with Crippen molar-refractivity contribution in [2.45, 2.75) is 25.9 Å². The van der Waals surface area contributed by atoms with Crippen LogP contribution in [0.4, 0.5) is 8.78 Å². The molecule has 0 fully saturated rings. The van der Waals surface area contributed by atoms with Crippen molar-refractivity contribution in [3.05, 3.63) is 63.6 Å². The molecule has 0 aromatic heterocycles. The van der Waals surface area contributed by atoms with Crippen LogP contribution in [0.15, 0.2) is 42.5 Å². The van der Waals surface area contributed by atoms with Gasteiger partial charge >= 0.3 is 6.61 Å². The number of fused-ring (bicyclic) bond motifs is 1. The van der Waals surface area contributed by atoms with Gasteiger partial charge in [-0.25, -0.2) is 0 Å². The first kappa shape index (κ1) is 17.1. The van der Waals surface area contributed by atoms with Gasteiger partial charge in [-0.2, -0.15) is 8.78 Å². The normalized spacial score (nSPS) is 15.5. The Labute approximate surface area is 148 Å². The van der Waals surface area contributed by atoms with Crippen LogP contribution in [-0.4, -0.2) is 6.61 Å². The van der Waals surface area contributed by atoms with Gasteiger partial charge in [-0.05, 0) is 30.3 Å². The highest BCUT2D eigenvalue weighted by Gasteiger charge is 2.30. The maximum absolute atomic E-state index is 12.4. The molecular weight excluding hydrogens is 357 g/mol. The third kappa shape index (κ3) is 3.35. The predicted octanol–water partition coefficient (Wildman–Crippen LogP) is 6.31. The monoisotopic (exact) mass is 370 g/mol. The van der Waals surface area contributed by atoms with Crippen molar-refractivity contribution in [1.82, 2.24) is 0 Å². The molecule has 2 nitrogen and oxygen atoms in total. The summed E-state index contributed by atoms with van der Waals surface area (Å²) in [4.78, 5) is 0. The summed E-state index contributed by atoms with van der Waals surface area (Å²) in [5.74, 6) is 1.05. The highest BCUT2D eigenvalue weighted by molar-refractivity contribution is 6.35. The second-order valence-electron chi connectivity index (χ2n) is 5.99. The molecule has 0 spiro atoms. The Morgan fingerprint density at radius 3 is 2.50 bits per heavy atom. The smallest absolute Gasteiger partial charge is 0.387 e. The van der Waals surface area contributed by atoms with Gasteiger partial charge in [0.2, 0.25) is 0 Å². The summed E-state index contributed by atoms with van der Waals surface area (Å²) < 4.78 is 35.2. The molecule has 0 amide bonds. The fourth-order valence-corrected chi connectivity index (χ4v) is 3.17. The average Bonchev–Trinajstić information content (AvgIpc) is 2.45. The number of benzene rings is 2. The van der Waals surface area contributed by atoms with Crippen LogP contribution < -0.4 is 9.47 Å². The first-order valence-electron chi connectivity index (χ1n) is 7.22. The van der Waals surface area contributed by atoms with Crippen LogP contribution in [0.25, 0.3) is 5.76 Å². The molecule has 2 aromatic carbocycles. The van der Waals surface area contributed by atoms with Crippen LogP contribution in [0.3, 0.4) is 0 Å². The quantitative estimate of drug-likeness (QED) is 0.630. The Balaban J connectivity index is 2.03. The van der Waals surface area contributed by atoms with Gasteiger partial charge < -0.3 is 9.47 Å². The van der Waals surface area contributed by atoms with Crippen LogP contribution in [0, 0.1) is 0 Å². The fourth-order valence-electron chi connectivity index (χ4n) is 2.67. The minimum absolute atomic E-state index is 0.0444. The lowest BCUT2D eigenvalue weighted by molar-refractivity contribution is -0.0499. The van der Waals surface area contributed by atoms with Crippen molar-refractivity contribution < 1.29 is 18.3 Å². The zero-order valence-electron chi connectivity index (χ0n) is 12.9. The summed E-state index contributed by atoms with van der Waals surface area (Å²) in [7, 11) is 0. The lowest BCUT2D eigenvalue weighted by Gasteiger charge is -2.31. The predicted molar refractivity (Wildman–Crippen MR) is 91.2 cm³/mol. The highest BCUT2D eigenvalue weighted by Crippen LogP contribution is 2.44. The number of hydrogen-bond donors (Lipinski definition) is 0. The molecular formula is C18H14Cl2F2O2. The second-order valence-corrected chi connectivity index (χ2v) is 6.84. The molecule has 0 atom stereocenters. The largest absolute Gasteiger partial charge is 0.457 e. The van der Waals surface area contributed by atoms with Crippen LogP contribution in [0.5, 0.6) is 11.5 Å². The molecule has 0 aliphatic carbocycles. The van der Waals surface area contributed by atoms with E-state index in [9.17, 15) is 8.78 Å². The summed E-state index contributed by atoms with van der Waals surface area (Å²) >= 11 is 12.2. The summed E-state index contributed by atoms with van der Waals surface area (Å²) in [6.45, 7) is 1.12. The van der Waals surface area contributed by atoms with Crippen molar-refractivity contribution in [1.29, 1.82) is 0 Å². The van der Waals surface area contributed by atoms with E-state index >= 15 is 0 Å². The van der Waals surface area contributed by atoms with E-state index < -0.39 is 6.61 Å². The number of hydrogen-bond acceptors (Lipinski definition) is 2.